The number of piperidine rings is 1. The summed E-state index contributed by atoms with van der Waals surface area (Å²) in [4.78, 5) is 12.5. The van der Waals surface area contributed by atoms with Gasteiger partial charge in [-0.2, -0.15) is 0 Å². The molecule has 0 bridgehead atoms. The molecule has 0 aromatic heterocycles. The van der Waals surface area contributed by atoms with Gasteiger partial charge in [0.05, 0.1) is 0 Å². The van der Waals surface area contributed by atoms with Gasteiger partial charge in [0, 0.05) is 24.3 Å². The summed E-state index contributed by atoms with van der Waals surface area (Å²) in [6.07, 6.45) is 8.10. The Labute approximate surface area is 131 Å². The summed E-state index contributed by atoms with van der Waals surface area (Å²) in [5.74, 6) is 0.444. The van der Waals surface area contributed by atoms with Gasteiger partial charge in [-0.15, -0.1) is 0 Å². The molecule has 0 unspecified atom stereocenters. The van der Waals surface area contributed by atoms with Crippen LogP contribution in [0.25, 0.3) is 5.57 Å². The molecule has 1 amide bonds. The Morgan fingerprint density at radius 2 is 2.00 bits per heavy atom. The van der Waals surface area contributed by atoms with Gasteiger partial charge in [-0.3, -0.25) is 0 Å². The average Bonchev–Trinajstić information content (AvgIpc) is 2.56. The fourth-order valence-electron chi connectivity index (χ4n) is 3.59. The number of anilines is 1. The van der Waals surface area contributed by atoms with Crippen LogP contribution >= 0.6 is 0 Å². The first-order chi connectivity index (χ1) is 10.6. The summed E-state index contributed by atoms with van der Waals surface area (Å²) in [6.45, 7) is 1.25. The highest BCUT2D eigenvalue weighted by Crippen LogP contribution is 2.35. The van der Waals surface area contributed by atoms with Gasteiger partial charge in [-0.05, 0) is 67.7 Å². The van der Waals surface area contributed by atoms with Crippen molar-refractivity contribution in [3.05, 3.63) is 35.4 Å². The van der Waals surface area contributed by atoms with Crippen LogP contribution in [-0.4, -0.2) is 29.2 Å². The van der Waals surface area contributed by atoms with E-state index < -0.39 is 6.09 Å². The zero-order valence-electron chi connectivity index (χ0n) is 12.9. The van der Waals surface area contributed by atoms with E-state index in [1.54, 1.807) is 0 Å². The second-order valence-corrected chi connectivity index (χ2v) is 6.37. The second-order valence-electron chi connectivity index (χ2n) is 6.37. The lowest BCUT2D eigenvalue weighted by atomic mass is 9.85. The molecule has 3 rings (SSSR count). The molecule has 22 heavy (non-hydrogen) atoms. The number of carbonyl (C=O) groups is 1. The molecule has 0 radical (unpaired) electrons. The molecule has 3 N–H and O–H groups in total. The highest BCUT2D eigenvalue weighted by Gasteiger charge is 2.24. The number of nitrogens with two attached hydrogens (primary N) is 1. The van der Waals surface area contributed by atoms with E-state index in [-0.39, 0.29) is 0 Å². The molecule has 1 aliphatic heterocycles. The lowest BCUT2D eigenvalue weighted by molar-refractivity contribution is 0.132. The monoisotopic (exact) mass is 300 g/mol. The van der Waals surface area contributed by atoms with Crippen molar-refractivity contribution < 1.29 is 9.90 Å². The number of rotatable bonds is 2. The highest BCUT2D eigenvalue weighted by atomic mass is 16.4. The molecule has 1 aliphatic carbocycles. The van der Waals surface area contributed by atoms with Gasteiger partial charge in [-0.1, -0.05) is 12.1 Å². The van der Waals surface area contributed by atoms with Crippen LogP contribution in [0.15, 0.2) is 24.3 Å². The van der Waals surface area contributed by atoms with E-state index in [9.17, 15) is 4.79 Å². The number of allylic oxidation sites excluding steroid dienone is 2. The summed E-state index contributed by atoms with van der Waals surface area (Å²) < 4.78 is 0. The van der Waals surface area contributed by atoms with Gasteiger partial charge in [0.2, 0.25) is 0 Å². The first-order valence-corrected chi connectivity index (χ1v) is 8.22. The van der Waals surface area contributed by atoms with Gasteiger partial charge in [0.1, 0.15) is 0 Å². The fourth-order valence-corrected chi connectivity index (χ4v) is 3.59. The van der Waals surface area contributed by atoms with Crippen molar-refractivity contribution in [2.24, 2.45) is 0 Å². The first kappa shape index (κ1) is 14.9. The number of benzene rings is 1. The van der Waals surface area contributed by atoms with Gasteiger partial charge in [-0.25, -0.2) is 4.79 Å². The molecule has 0 saturated carbocycles. The molecule has 2 aliphatic rings. The molecule has 1 aromatic rings. The van der Waals surface area contributed by atoms with Crippen LogP contribution in [0.4, 0.5) is 10.5 Å². The maximum absolute atomic E-state index is 11.0. The predicted molar refractivity (Wildman–Crippen MR) is 88.9 cm³/mol. The number of carboxylic acid groups (broad SMARTS) is 1. The van der Waals surface area contributed by atoms with Crippen molar-refractivity contribution >= 4 is 17.4 Å². The quantitative estimate of drug-likeness (QED) is 0.809. The summed E-state index contributed by atoms with van der Waals surface area (Å²) >= 11 is 0. The summed E-state index contributed by atoms with van der Waals surface area (Å²) in [5, 5.41) is 9.05. The first-order valence-electron chi connectivity index (χ1n) is 8.22. The van der Waals surface area contributed by atoms with Crippen LogP contribution in [-0.2, 0) is 0 Å². The fraction of sp³-hybridized carbons (Fsp3) is 0.500. The van der Waals surface area contributed by atoms with Crippen LogP contribution in [0.5, 0.6) is 0 Å². The van der Waals surface area contributed by atoms with E-state index in [0.717, 1.165) is 31.4 Å². The SMILES string of the molecule is Nc1ccc(C2CCN(C(=O)O)CC2)cc1C1=CCCCC1. The third-order valence-corrected chi connectivity index (χ3v) is 4.95. The smallest absolute Gasteiger partial charge is 0.407 e. The van der Waals surface area contributed by atoms with E-state index >= 15 is 0 Å². The van der Waals surface area contributed by atoms with Gasteiger partial charge in [0.15, 0.2) is 0 Å². The average molecular weight is 300 g/mol. The Hall–Kier alpha value is -1.97. The highest BCUT2D eigenvalue weighted by molar-refractivity contribution is 5.76. The van der Waals surface area contributed by atoms with E-state index in [0.29, 0.717) is 19.0 Å². The van der Waals surface area contributed by atoms with Crippen molar-refractivity contribution in [3.63, 3.8) is 0 Å². The van der Waals surface area contributed by atoms with E-state index in [1.165, 1.54) is 34.4 Å². The summed E-state index contributed by atoms with van der Waals surface area (Å²) in [6, 6.07) is 6.38. The molecule has 1 fully saturated rings. The predicted octanol–water partition coefficient (Wildman–Crippen LogP) is 4.08. The number of hydrogen-bond acceptors (Lipinski definition) is 2. The Kier molecular flexibility index (Phi) is 4.36. The zero-order chi connectivity index (χ0) is 15.5. The van der Waals surface area contributed by atoms with Crippen molar-refractivity contribution in [2.45, 2.75) is 44.4 Å². The van der Waals surface area contributed by atoms with Crippen LogP contribution in [0, 0.1) is 0 Å². The maximum Gasteiger partial charge on any atom is 0.407 e. The van der Waals surface area contributed by atoms with Crippen molar-refractivity contribution in [1.82, 2.24) is 4.90 Å². The van der Waals surface area contributed by atoms with Crippen LogP contribution < -0.4 is 5.73 Å². The minimum absolute atomic E-state index is 0.444. The zero-order valence-corrected chi connectivity index (χ0v) is 12.9. The third kappa shape index (κ3) is 3.11. The van der Waals surface area contributed by atoms with E-state index in [4.69, 9.17) is 10.8 Å². The van der Waals surface area contributed by atoms with Gasteiger partial charge in [0.25, 0.3) is 0 Å². The lowest BCUT2D eigenvalue weighted by Gasteiger charge is -2.30. The minimum atomic E-state index is -0.802. The van der Waals surface area contributed by atoms with Crippen molar-refractivity contribution in [3.8, 4) is 0 Å². The molecule has 4 heteroatoms. The molecular weight excluding hydrogens is 276 g/mol. The molecule has 4 nitrogen and oxygen atoms in total. The molecule has 1 aromatic carbocycles. The molecule has 118 valence electrons. The largest absolute Gasteiger partial charge is 0.465 e. The number of nitrogen functional groups attached to an aromatic ring is 1. The van der Waals surface area contributed by atoms with Crippen LogP contribution in [0.3, 0.4) is 0 Å². The number of likely N-dealkylation sites (tertiary alicyclic amines) is 1. The second kappa shape index (κ2) is 6.42. The number of amides is 1. The van der Waals surface area contributed by atoms with Crippen molar-refractivity contribution in [2.75, 3.05) is 18.8 Å². The number of hydrogen-bond donors (Lipinski definition) is 2. The normalized spacial score (nSPS) is 19.8. The van der Waals surface area contributed by atoms with E-state index in [1.807, 2.05) is 6.07 Å². The molecule has 0 spiro atoms. The summed E-state index contributed by atoms with van der Waals surface area (Å²) in [5.41, 5.74) is 10.9. The van der Waals surface area contributed by atoms with E-state index in [2.05, 4.69) is 18.2 Å². The van der Waals surface area contributed by atoms with Gasteiger partial charge >= 0.3 is 6.09 Å². The standard InChI is InChI=1S/C18H24N2O2/c19-17-7-6-15(12-16(17)14-4-2-1-3-5-14)13-8-10-20(11-9-13)18(21)22/h4,6-7,12-13H,1-3,5,8-11,19H2,(H,21,22). The summed E-state index contributed by atoms with van der Waals surface area (Å²) in [7, 11) is 0. The van der Waals surface area contributed by atoms with Crippen LogP contribution in [0.1, 0.15) is 55.6 Å². The molecule has 1 heterocycles. The topological polar surface area (TPSA) is 66.6 Å². The van der Waals surface area contributed by atoms with Crippen molar-refractivity contribution in [1.29, 1.82) is 0 Å². The molecule has 0 atom stereocenters. The van der Waals surface area contributed by atoms with Gasteiger partial charge < -0.3 is 15.7 Å². The maximum atomic E-state index is 11.0. The number of nitrogens with zero attached hydrogens (tertiary/aromatic N) is 1. The Morgan fingerprint density at radius 3 is 2.64 bits per heavy atom. The molecular formula is C18H24N2O2. The Balaban J connectivity index is 1.78. The Morgan fingerprint density at radius 1 is 1.23 bits per heavy atom. The minimum Gasteiger partial charge on any atom is -0.465 e. The lowest BCUT2D eigenvalue weighted by Crippen LogP contribution is -2.36. The third-order valence-electron chi connectivity index (χ3n) is 4.95. The Bertz CT molecular complexity index is 587. The van der Waals surface area contributed by atoms with Crippen LogP contribution in [0.2, 0.25) is 0 Å². The molecule has 1 saturated heterocycles.